The molecule has 0 radical (unpaired) electrons. The van der Waals surface area contributed by atoms with E-state index in [0.717, 1.165) is 17.7 Å². The van der Waals surface area contributed by atoms with Crippen molar-refractivity contribution in [3.63, 3.8) is 0 Å². The fourth-order valence-corrected chi connectivity index (χ4v) is 2.69. The van der Waals surface area contributed by atoms with Crippen molar-refractivity contribution in [2.75, 3.05) is 0 Å². The van der Waals surface area contributed by atoms with Crippen LogP contribution in [0.5, 0.6) is 5.75 Å². The largest absolute Gasteiger partial charge is 0.508 e. The van der Waals surface area contributed by atoms with Crippen LogP contribution in [0.2, 0.25) is 0 Å². The molecule has 1 aliphatic carbocycles. The number of hydrogen-bond donors (Lipinski definition) is 1. The van der Waals surface area contributed by atoms with E-state index >= 15 is 0 Å². The summed E-state index contributed by atoms with van der Waals surface area (Å²) in [4.78, 5) is 2.84. The van der Waals surface area contributed by atoms with E-state index in [9.17, 15) is 5.11 Å². The number of phenols is 1. The number of rotatable bonds is 3. The molecule has 1 aliphatic rings. The second kappa shape index (κ2) is 4.37. The van der Waals surface area contributed by atoms with Gasteiger partial charge in [0.05, 0.1) is 11.7 Å². The van der Waals surface area contributed by atoms with Gasteiger partial charge in [-0.25, -0.2) is 0 Å². The lowest BCUT2D eigenvalue weighted by Crippen LogP contribution is -2.09. The van der Waals surface area contributed by atoms with E-state index in [1.54, 1.807) is 12.1 Å². The van der Waals surface area contributed by atoms with Gasteiger partial charge in [-0.1, -0.05) is 18.1 Å². The molecule has 1 unspecified atom stereocenters. The van der Waals surface area contributed by atoms with Gasteiger partial charge in [0.15, 0.2) is 0 Å². The molecular formula is C14H14N4O. The molecule has 0 saturated heterocycles. The van der Waals surface area contributed by atoms with Gasteiger partial charge in [0.25, 0.3) is 0 Å². The molecule has 0 spiro atoms. The number of benzene rings is 1. The fraction of sp³-hybridized carbons (Fsp3) is 0.286. The maximum absolute atomic E-state index is 9.64. The lowest BCUT2D eigenvalue weighted by Gasteiger charge is -2.11. The minimum Gasteiger partial charge on any atom is -0.508 e. The first kappa shape index (κ1) is 11.7. The number of fused-ring (bicyclic) bond motifs is 3. The highest BCUT2D eigenvalue weighted by atomic mass is 16.3. The van der Waals surface area contributed by atoms with Crippen molar-refractivity contribution in [2.24, 2.45) is 5.11 Å². The van der Waals surface area contributed by atoms with Crippen LogP contribution in [0, 0.1) is 0 Å². The minimum atomic E-state index is -0.0946. The lowest BCUT2D eigenvalue weighted by molar-refractivity contribution is 0.475. The van der Waals surface area contributed by atoms with Gasteiger partial charge in [0, 0.05) is 29.6 Å². The van der Waals surface area contributed by atoms with E-state index in [-0.39, 0.29) is 11.8 Å². The summed E-state index contributed by atoms with van der Waals surface area (Å²) >= 11 is 0. The van der Waals surface area contributed by atoms with Crippen LogP contribution in [-0.4, -0.2) is 15.7 Å². The maximum Gasteiger partial charge on any atom is 0.116 e. The fourth-order valence-electron chi connectivity index (χ4n) is 2.69. The van der Waals surface area contributed by atoms with E-state index in [1.165, 1.54) is 11.1 Å². The number of phenolic OH excluding ortho intramolecular Hbond substituents is 1. The van der Waals surface area contributed by atoms with Gasteiger partial charge < -0.3 is 9.67 Å². The van der Waals surface area contributed by atoms with Crippen molar-refractivity contribution in [1.82, 2.24) is 4.57 Å². The van der Waals surface area contributed by atoms with Crippen LogP contribution in [0.4, 0.5) is 0 Å². The Labute approximate surface area is 110 Å². The number of azide groups is 1. The summed E-state index contributed by atoms with van der Waals surface area (Å²) in [6, 6.07) is 7.48. The normalized spacial score (nSPS) is 13.5. The highest BCUT2D eigenvalue weighted by molar-refractivity contribution is 5.75. The zero-order valence-corrected chi connectivity index (χ0v) is 10.6. The molecule has 1 aromatic heterocycles. The Morgan fingerprint density at radius 1 is 1.42 bits per heavy atom. The molecular weight excluding hydrogens is 240 g/mol. The topological polar surface area (TPSA) is 73.9 Å². The zero-order chi connectivity index (χ0) is 13.4. The standard InChI is InChI=1S/C14H14N4O/c1-9(16-17-15)8-18-5-4-11-6-10-2-3-12(19)7-13(10)14(11)18/h2-5,7,9,19H,6,8H2,1H3. The summed E-state index contributed by atoms with van der Waals surface area (Å²) in [6.07, 6.45) is 2.91. The summed E-state index contributed by atoms with van der Waals surface area (Å²) in [6.45, 7) is 2.54. The first-order valence-corrected chi connectivity index (χ1v) is 6.23. The number of nitrogens with zero attached hydrogens (tertiary/aromatic N) is 4. The van der Waals surface area contributed by atoms with Gasteiger partial charge in [-0.2, -0.15) is 0 Å². The Morgan fingerprint density at radius 2 is 2.26 bits per heavy atom. The molecule has 0 amide bonds. The van der Waals surface area contributed by atoms with Crippen LogP contribution < -0.4 is 0 Å². The molecule has 2 aromatic rings. The third-order valence-electron chi connectivity index (χ3n) is 3.49. The third kappa shape index (κ3) is 1.94. The second-order valence-electron chi connectivity index (χ2n) is 4.91. The number of aromatic hydroxyl groups is 1. The quantitative estimate of drug-likeness (QED) is 0.434. The van der Waals surface area contributed by atoms with Crippen LogP contribution in [0.25, 0.3) is 21.7 Å². The van der Waals surface area contributed by atoms with Crippen molar-refractivity contribution >= 4 is 0 Å². The van der Waals surface area contributed by atoms with Gasteiger partial charge in [0.2, 0.25) is 0 Å². The minimum absolute atomic E-state index is 0.0946. The summed E-state index contributed by atoms with van der Waals surface area (Å²) in [7, 11) is 0. The van der Waals surface area contributed by atoms with Crippen molar-refractivity contribution in [1.29, 1.82) is 0 Å². The van der Waals surface area contributed by atoms with E-state index < -0.39 is 0 Å². The van der Waals surface area contributed by atoms with Crippen LogP contribution in [0.15, 0.2) is 35.6 Å². The molecule has 96 valence electrons. The Kier molecular flexibility index (Phi) is 2.69. The SMILES string of the molecule is CC(Cn1ccc2c1-c1cc(O)ccc1C2)N=[N+]=[N-]. The maximum atomic E-state index is 9.64. The molecule has 0 fully saturated rings. The average molecular weight is 254 g/mol. The molecule has 1 aromatic carbocycles. The number of aromatic nitrogens is 1. The average Bonchev–Trinajstić information content (AvgIpc) is 2.90. The first-order chi connectivity index (χ1) is 9.19. The summed E-state index contributed by atoms with van der Waals surface area (Å²) in [5.74, 6) is 0.280. The van der Waals surface area contributed by atoms with Crippen LogP contribution in [0.3, 0.4) is 0 Å². The summed E-state index contributed by atoms with van der Waals surface area (Å²) in [5, 5.41) is 13.3. The van der Waals surface area contributed by atoms with Crippen molar-refractivity contribution in [3.8, 4) is 17.0 Å². The Bertz CT molecular complexity index is 683. The molecule has 1 heterocycles. The van der Waals surface area contributed by atoms with E-state index in [2.05, 4.69) is 20.7 Å². The van der Waals surface area contributed by atoms with E-state index in [0.29, 0.717) is 6.54 Å². The zero-order valence-electron chi connectivity index (χ0n) is 10.6. The molecule has 5 nitrogen and oxygen atoms in total. The molecule has 19 heavy (non-hydrogen) atoms. The third-order valence-corrected chi connectivity index (χ3v) is 3.49. The van der Waals surface area contributed by atoms with Crippen molar-refractivity contribution in [3.05, 3.63) is 52.0 Å². The predicted octanol–water partition coefficient (Wildman–Crippen LogP) is 3.46. The van der Waals surface area contributed by atoms with Gasteiger partial charge >= 0.3 is 0 Å². The number of hydrogen-bond acceptors (Lipinski definition) is 2. The Morgan fingerprint density at radius 3 is 3.05 bits per heavy atom. The first-order valence-electron chi connectivity index (χ1n) is 6.23. The molecule has 0 saturated carbocycles. The van der Waals surface area contributed by atoms with Crippen molar-refractivity contribution < 1.29 is 5.11 Å². The highest BCUT2D eigenvalue weighted by Gasteiger charge is 2.22. The van der Waals surface area contributed by atoms with Crippen LogP contribution in [0.1, 0.15) is 18.1 Å². The van der Waals surface area contributed by atoms with Crippen LogP contribution >= 0.6 is 0 Å². The van der Waals surface area contributed by atoms with Gasteiger partial charge in [0.1, 0.15) is 5.75 Å². The molecule has 3 rings (SSSR count). The second-order valence-corrected chi connectivity index (χ2v) is 4.91. The Hall–Kier alpha value is -2.39. The van der Waals surface area contributed by atoms with Gasteiger partial charge in [-0.3, -0.25) is 0 Å². The monoisotopic (exact) mass is 254 g/mol. The lowest BCUT2D eigenvalue weighted by atomic mass is 10.1. The molecule has 5 heteroatoms. The smallest absolute Gasteiger partial charge is 0.116 e. The summed E-state index contributed by atoms with van der Waals surface area (Å²) < 4.78 is 2.10. The summed E-state index contributed by atoms with van der Waals surface area (Å²) in [5.41, 5.74) is 13.2. The van der Waals surface area contributed by atoms with E-state index in [1.807, 2.05) is 19.2 Å². The molecule has 1 N–H and O–H groups in total. The van der Waals surface area contributed by atoms with Crippen LogP contribution in [-0.2, 0) is 13.0 Å². The van der Waals surface area contributed by atoms with Gasteiger partial charge in [-0.05, 0) is 34.9 Å². The molecule has 1 atom stereocenters. The molecule has 0 bridgehead atoms. The van der Waals surface area contributed by atoms with Crippen molar-refractivity contribution in [2.45, 2.75) is 25.9 Å². The van der Waals surface area contributed by atoms with E-state index in [4.69, 9.17) is 5.53 Å². The predicted molar refractivity (Wildman–Crippen MR) is 72.9 cm³/mol. The molecule has 0 aliphatic heterocycles. The highest BCUT2D eigenvalue weighted by Crippen LogP contribution is 2.39. The van der Waals surface area contributed by atoms with Gasteiger partial charge in [-0.15, -0.1) is 0 Å². The Balaban J connectivity index is 2.02.